The van der Waals surface area contributed by atoms with E-state index < -0.39 is 17.5 Å². The molecule has 1 amide bonds. The van der Waals surface area contributed by atoms with Gasteiger partial charge in [-0.3, -0.25) is 9.78 Å². The van der Waals surface area contributed by atoms with Crippen LogP contribution in [0.5, 0.6) is 0 Å². The highest BCUT2D eigenvalue weighted by Gasteiger charge is 2.18. The quantitative estimate of drug-likeness (QED) is 0.854. The lowest BCUT2D eigenvalue weighted by molar-refractivity contribution is 0.0983. The summed E-state index contributed by atoms with van der Waals surface area (Å²) in [6.07, 6.45) is 4.17. The molecule has 4 nitrogen and oxygen atoms in total. The molecule has 0 radical (unpaired) electrons. The van der Waals surface area contributed by atoms with E-state index in [4.69, 9.17) is 0 Å². The van der Waals surface area contributed by atoms with E-state index >= 15 is 0 Å². The Morgan fingerprint density at radius 2 is 2.05 bits per heavy atom. The van der Waals surface area contributed by atoms with E-state index in [-0.39, 0.29) is 11.4 Å². The monoisotopic (exact) mass is 263 g/mol. The van der Waals surface area contributed by atoms with Gasteiger partial charge in [-0.1, -0.05) is 0 Å². The second-order valence-corrected chi connectivity index (χ2v) is 3.74. The minimum atomic E-state index is -0.997. The molecule has 1 aromatic carbocycles. The average Bonchev–Trinajstić information content (AvgIpc) is 2.44. The maximum atomic E-state index is 13.2. The van der Waals surface area contributed by atoms with Gasteiger partial charge in [0, 0.05) is 30.7 Å². The first-order chi connectivity index (χ1) is 9.13. The predicted molar refractivity (Wildman–Crippen MR) is 65.7 cm³/mol. The van der Waals surface area contributed by atoms with Crippen LogP contribution in [0.1, 0.15) is 17.4 Å². The molecular formula is C13H11F2N3O. The molecule has 0 unspecified atom stereocenters. The van der Waals surface area contributed by atoms with E-state index in [2.05, 4.69) is 9.97 Å². The lowest BCUT2D eigenvalue weighted by Gasteiger charge is -2.20. The van der Waals surface area contributed by atoms with Crippen LogP contribution in [0.3, 0.4) is 0 Å². The number of aromatic nitrogens is 2. The highest BCUT2D eigenvalue weighted by atomic mass is 19.2. The van der Waals surface area contributed by atoms with Crippen LogP contribution in [0.15, 0.2) is 36.8 Å². The number of rotatable bonds is 3. The number of amides is 1. The highest BCUT2D eigenvalue weighted by Crippen LogP contribution is 2.19. The number of carbonyl (C=O) groups is 1. The summed E-state index contributed by atoms with van der Waals surface area (Å²) >= 11 is 0. The summed E-state index contributed by atoms with van der Waals surface area (Å²) in [7, 11) is 0. The molecule has 2 aromatic rings. The van der Waals surface area contributed by atoms with Crippen molar-refractivity contribution < 1.29 is 13.6 Å². The molecule has 0 aliphatic carbocycles. The molecule has 0 bridgehead atoms. The molecule has 2 rings (SSSR count). The lowest BCUT2D eigenvalue weighted by Crippen LogP contribution is -2.31. The van der Waals surface area contributed by atoms with Gasteiger partial charge in [0.1, 0.15) is 5.69 Å². The van der Waals surface area contributed by atoms with Crippen LogP contribution in [0.4, 0.5) is 14.5 Å². The second kappa shape index (κ2) is 5.51. The molecule has 0 spiro atoms. The van der Waals surface area contributed by atoms with Gasteiger partial charge in [0.05, 0.1) is 6.20 Å². The molecule has 98 valence electrons. The van der Waals surface area contributed by atoms with E-state index in [1.165, 1.54) is 29.6 Å². The fraction of sp³-hybridized carbons (Fsp3) is 0.154. The summed E-state index contributed by atoms with van der Waals surface area (Å²) in [5.74, 6) is -2.36. The molecule has 0 saturated heterocycles. The Balaban J connectivity index is 2.34. The third-order valence-corrected chi connectivity index (χ3v) is 2.56. The normalized spacial score (nSPS) is 10.3. The van der Waals surface area contributed by atoms with E-state index in [1.807, 2.05) is 0 Å². The maximum Gasteiger partial charge on any atom is 0.278 e. The van der Waals surface area contributed by atoms with Crippen molar-refractivity contribution in [3.8, 4) is 0 Å². The van der Waals surface area contributed by atoms with Crippen molar-refractivity contribution in [2.45, 2.75) is 6.92 Å². The fourth-order valence-electron chi connectivity index (χ4n) is 1.64. The van der Waals surface area contributed by atoms with Gasteiger partial charge in [0.2, 0.25) is 0 Å². The van der Waals surface area contributed by atoms with Gasteiger partial charge in [-0.05, 0) is 19.1 Å². The smallest absolute Gasteiger partial charge is 0.278 e. The van der Waals surface area contributed by atoms with E-state index in [9.17, 15) is 13.6 Å². The summed E-state index contributed by atoms with van der Waals surface area (Å²) < 4.78 is 26.1. The fourth-order valence-corrected chi connectivity index (χ4v) is 1.64. The summed E-state index contributed by atoms with van der Waals surface area (Å²) in [6.45, 7) is 2.04. The van der Waals surface area contributed by atoms with E-state index in [0.29, 0.717) is 6.54 Å². The number of hydrogen-bond donors (Lipinski definition) is 0. The van der Waals surface area contributed by atoms with Crippen molar-refractivity contribution in [1.82, 2.24) is 9.97 Å². The zero-order valence-corrected chi connectivity index (χ0v) is 10.2. The van der Waals surface area contributed by atoms with Crippen LogP contribution < -0.4 is 4.90 Å². The molecule has 0 aliphatic heterocycles. The first-order valence-corrected chi connectivity index (χ1v) is 5.66. The van der Waals surface area contributed by atoms with Crippen LogP contribution in [-0.4, -0.2) is 22.4 Å². The van der Waals surface area contributed by atoms with Crippen molar-refractivity contribution in [3.05, 3.63) is 54.1 Å². The molecule has 0 aliphatic rings. The minimum absolute atomic E-state index is 0.147. The van der Waals surface area contributed by atoms with E-state index in [0.717, 1.165) is 12.1 Å². The van der Waals surface area contributed by atoms with Crippen LogP contribution in [0.25, 0.3) is 0 Å². The van der Waals surface area contributed by atoms with Crippen molar-refractivity contribution in [1.29, 1.82) is 0 Å². The number of halogens is 2. The Morgan fingerprint density at radius 1 is 1.26 bits per heavy atom. The average molecular weight is 263 g/mol. The predicted octanol–water partition coefficient (Wildman–Crippen LogP) is 2.42. The third-order valence-electron chi connectivity index (χ3n) is 2.56. The number of benzene rings is 1. The summed E-state index contributed by atoms with van der Waals surface area (Å²) in [5, 5.41) is 0. The highest BCUT2D eigenvalue weighted by molar-refractivity contribution is 6.04. The summed E-state index contributed by atoms with van der Waals surface area (Å²) in [6, 6.07) is 3.31. The first kappa shape index (κ1) is 13.1. The Morgan fingerprint density at radius 3 is 2.63 bits per heavy atom. The van der Waals surface area contributed by atoms with Gasteiger partial charge < -0.3 is 4.90 Å². The zero-order valence-electron chi connectivity index (χ0n) is 10.2. The Labute approximate surface area is 108 Å². The molecular weight excluding hydrogens is 252 g/mol. The second-order valence-electron chi connectivity index (χ2n) is 3.74. The number of nitrogens with zero attached hydrogens (tertiary/aromatic N) is 3. The molecule has 0 N–H and O–H groups in total. The zero-order chi connectivity index (χ0) is 13.8. The largest absolute Gasteiger partial charge is 0.307 e. The molecule has 1 heterocycles. The van der Waals surface area contributed by atoms with Crippen molar-refractivity contribution in [2.75, 3.05) is 11.4 Å². The summed E-state index contributed by atoms with van der Waals surface area (Å²) in [5.41, 5.74) is 0.422. The Bertz CT molecular complexity index is 590. The van der Waals surface area contributed by atoms with Crippen LogP contribution in [0.2, 0.25) is 0 Å². The molecule has 0 fully saturated rings. The van der Waals surface area contributed by atoms with Crippen LogP contribution in [0, 0.1) is 11.6 Å². The van der Waals surface area contributed by atoms with Gasteiger partial charge in [-0.25, -0.2) is 13.8 Å². The summed E-state index contributed by atoms with van der Waals surface area (Å²) in [4.78, 5) is 21.2. The molecule has 19 heavy (non-hydrogen) atoms. The number of carbonyl (C=O) groups excluding carboxylic acids is 1. The van der Waals surface area contributed by atoms with Gasteiger partial charge in [0.15, 0.2) is 11.6 Å². The molecule has 6 heteroatoms. The van der Waals surface area contributed by atoms with Crippen molar-refractivity contribution in [2.24, 2.45) is 0 Å². The third kappa shape index (κ3) is 2.73. The van der Waals surface area contributed by atoms with Gasteiger partial charge in [-0.2, -0.15) is 0 Å². The maximum absolute atomic E-state index is 13.2. The first-order valence-electron chi connectivity index (χ1n) is 5.66. The topological polar surface area (TPSA) is 46.1 Å². The van der Waals surface area contributed by atoms with Crippen LogP contribution in [-0.2, 0) is 0 Å². The SMILES string of the molecule is CCN(C(=O)c1cnccn1)c1ccc(F)c(F)c1. The Kier molecular flexibility index (Phi) is 3.79. The van der Waals surface area contributed by atoms with Crippen molar-refractivity contribution >= 4 is 11.6 Å². The van der Waals surface area contributed by atoms with Crippen LogP contribution >= 0.6 is 0 Å². The van der Waals surface area contributed by atoms with Gasteiger partial charge >= 0.3 is 0 Å². The number of hydrogen-bond acceptors (Lipinski definition) is 3. The number of anilines is 1. The van der Waals surface area contributed by atoms with Gasteiger partial charge in [0.25, 0.3) is 5.91 Å². The molecule has 1 aromatic heterocycles. The standard InChI is InChI=1S/C13H11F2N3O/c1-2-18(9-3-4-10(14)11(15)7-9)13(19)12-8-16-5-6-17-12/h3-8H,2H2,1H3. The van der Waals surface area contributed by atoms with Crippen molar-refractivity contribution in [3.63, 3.8) is 0 Å². The lowest BCUT2D eigenvalue weighted by atomic mass is 10.2. The van der Waals surface area contributed by atoms with Gasteiger partial charge in [-0.15, -0.1) is 0 Å². The van der Waals surface area contributed by atoms with E-state index in [1.54, 1.807) is 6.92 Å². The molecule has 0 saturated carbocycles. The molecule has 0 atom stereocenters. The Hall–Kier alpha value is -2.37. The minimum Gasteiger partial charge on any atom is -0.307 e.